The van der Waals surface area contributed by atoms with Gasteiger partial charge in [0.25, 0.3) is 0 Å². The number of guanidine groups is 4. The number of hydrogen-bond acceptors (Lipinski definition) is 5. The lowest BCUT2D eigenvalue weighted by Crippen LogP contribution is -2.47. The van der Waals surface area contributed by atoms with E-state index in [1.807, 2.05) is 29.1 Å². The van der Waals surface area contributed by atoms with Crippen molar-refractivity contribution in [3.05, 3.63) is 48.2 Å². The lowest BCUT2D eigenvalue weighted by Gasteiger charge is -2.22. The van der Waals surface area contributed by atoms with Crippen LogP contribution in [-0.2, 0) is 19.5 Å². The summed E-state index contributed by atoms with van der Waals surface area (Å²) in [5.41, 5.74) is 7.47. The molecule has 0 radical (unpaired) electrons. The summed E-state index contributed by atoms with van der Waals surface area (Å²) in [6.45, 7) is 1.67. The summed E-state index contributed by atoms with van der Waals surface area (Å²) in [5, 5.41) is 34.7. The van der Waals surface area contributed by atoms with Gasteiger partial charge in [-0.1, -0.05) is 0 Å². The fourth-order valence-corrected chi connectivity index (χ4v) is 2.70. The summed E-state index contributed by atoms with van der Waals surface area (Å²) < 4.78 is 6.98. The molecule has 0 unspecified atom stereocenters. The second kappa shape index (κ2) is 11.9. The molecule has 0 saturated heterocycles. The largest absolute Gasteiger partial charge is 0.472 e. The molecular formula is C19H31N11O. The third-order valence-corrected chi connectivity index (χ3v) is 4.29. The molecular weight excluding hydrogens is 398 g/mol. The van der Waals surface area contributed by atoms with Crippen molar-refractivity contribution in [1.29, 1.82) is 16.2 Å². The van der Waals surface area contributed by atoms with E-state index in [1.54, 1.807) is 31.5 Å². The van der Waals surface area contributed by atoms with Crippen LogP contribution in [0.5, 0.6) is 0 Å². The van der Waals surface area contributed by atoms with E-state index in [2.05, 4.69) is 26.3 Å². The minimum atomic E-state index is -0.167. The Morgan fingerprint density at radius 2 is 1.87 bits per heavy atom. The predicted octanol–water partition coefficient (Wildman–Crippen LogP) is -0.137. The standard InChI is InChI=1S/C19H31N11O/c1-24-19(27-16(20)21)26-8-3-14-5-9-30(11-14)13-29(2)18(23)28-17(22)25-7-4-15-6-10-31-12-15/h5-6,9-12H,3-4,7-8,13H2,1-2H3,(H4,22,23,25,28)(H5,20,21,24,26,27). The van der Waals surface area contributed by atoms with Crippen LogP contribution in [0.3, 0.4) is 0 Å². The molecule has 2 rings (SSSR count). The SMILES string of the molecule is C/N=C(/NCCc1ccn(CN(C)C(=N)NC(=N)NCCc2ccoc2)c1)NC(=N)N. The van der Waals surface area contributed by atoms with E-state index >= 15 is 0 Å². The first kappa shape index (κ1) is 23.3. The van der Waals surface area contributed by atoms with Crippen LogP contribution in [0.15, 0.2) is 46.5 Å². The Morgan fingerprint density at radius 3 is 2.55 bits per heavy atom. The summed E-state index contributed by atoms with van der Waals surface area (Å²) in [6, 6.07) is 3.89. The monoisotopic (exact) mass is 429 g/mol. The van der Waals surface area contributed by atoms with Gasteiger partial charge in [-0.25, -0.2) is 0 Å². The van der Waals surface area contributed by atoms with Gasteiger partial charge in [0, 0.05) is 39.6 Å². The van der Waals surface area contributed by atoms with Crippen molar-refractivity contribution in [2.24, 2.45) is 10.7 Å². The smallest absolute Gasteiger partial charge is 0.199 e. The van der Waals surface area contributed by atoms with Gasteiger partial charge in [0.1, 0.15) is 0 Å². The van der Waals surface area contributed by atoms with Crippen molar-refractivity contribution in [3.63, 3.8) is 0 Å². The van der Waals surface area contributed by atoms with Crippen LogP contribution in [-0.4, -0.2) is 60.5 Å². The van der Waals surface area contributed by atoms with Crippen LogP contribution in [0, 0.1) is 16.2 Å². The number of rotatable bonds is 8. The quantitative estimate of drug-likeness (QED) is 0.212. The minimum absolute atomic E-state index is 0.0761. The van der Waals surface area contributed by atoms with E-state index in [4.69, 9.17) is 26.4 Å². The highest BCUT2D eigenvalue weighted by atomic mass is 16.3. The molecule has 0 amide bonds. The normalized spacial score (nSPS) is 11.0. The lowest BCUT2D eigenvalue weighted by molar-refractivity contribution is 0.393. The number of nitrogens with two attached hydrogens (primary N) is 1. The molecule has 0 aliphatic heterocycles. The van der Waals surface area contributed by atoms with Gasteiger partial charge in [-0.15, -0.1) is 0 Å². The predicted molar refractivity (Wildman–Crippen MR) is 121 cm³/mol. The number of aliphatic imine (C=N–C) groups is 1. The molecule has 0 spiro atoms. The van der Waals surface area contributed by atoms with Crippen LogP contribution in [0.25, 0.3) is 0 Å². The Balaban J connectivity index is 1.69. The first-order valence-corrected chi connectivity index (χ1v) is 9.74. The first-order valence-electron chi connectivity index (χ1n) is 9.74. The molecule has 0 saturated carbocycles. The van der Waals surface area contributed by atoms with Gasteiger partial charge < -0.3 is 30.3 Å². The highest BCUT2D eigenvalue weighted by molar-refractivity contribution is 5.96. The van der Waals surface area contributed by atoms with E-state index in [0.717, 1.165) is 24.0 Å². The Labute approximate surface area is 181 Å². The fraction of sp³-hybridized carbons (Fsp3) is 0.368. The number of nitrogens with zero attached hydrogens (tertiary/aromatic N) is 3. The zero-order valence-electron chi connectivity index (χ0n) is 17.8. The van der Waals surface area contributed by atoms with Gasteiger partial charge in [0.2, 0.25) is 0 Å². The molecule has 2 aromatic rings. The molecule has 0 aliphatic carbocycles. The van der Waals surface area contributed by atoms with E-state index < -0.39 is 0 Å². The third kappa shape index (κ3) is 8.51. The number of hydrogen-bond donors (Lipinski definition) is 8. The minimum Gasteiger partial charge on any atom is -0.472 e. The number of nitrogens with one attached hydrogen (secondary N) is 7. The summed E-state index contributed by atoms with van der Waals surface area (Å²) in [5.74, 6) is 0.482. The van der Waals surface area contributed by atoms with Crippen molar-refractivity contribution in [3.8, 4) is 0 Å². The molecule has 0 atom stereocenters. The second-order valence-electron chi connectivity index (χ2n) is 6.82. The Hall–Kier alpha value is -3.96. The van der Waals surface area contributed by atoms with Crippen LogP contribution < -0.4 is 27.0 Å². The topological polar surface area (TPSA) is 179 Å². The number of furan rings is 1. The van der Waals surface area contributed by atoms with Gasteiger partial charge in [-0.2, -0.15) is 0 Å². The molecule has 12 heteroatoms. The Morgan fingerprint density at radius 1 is 1.13 bits per heavy atom. The average molecular weight is 430 g/mol. The molecule has 0 fully saturated rings. The van der Waals surface area contributed by atoms with E-state index in [-0.39, 0.29) is 17.9 Å². The molecule has 0 bridgehead atoms. The number of aromatic nitrogens is 1. The maximum absolute atomic E-state index is 8.14. The Bertz CT molecular complexity index is 885. The average Bonchev–Trinajstić information content (AvgIpc) is 3.39. The van der Waals surface area contributed by atoms with Gasteiger partial charge in [-0.3, -0.25) is 31.9 Å². The summed E-state index contributed by atoms with van der Waals surface area (Å²) in [4.78, 5) is 5.68. The maximum atomic E-state index is 8.14. The van der Waals surface area contributed by atoms with Crippen LogP contribution >= 0.6 is 0 Å². The lowest BCUT2D eigenvalue weighted by atomic mass is 10.2. The summed E-state index contributed by atoms with van der Waals surface area (Å²) >= 11 is 0. The molecule has 12 nitrogen and oxygen atoms in total. The van der Waals surface area contributed by atoms with Crippen molar-refractivity contribution >= 4 is 23.8 Å². The van der Waals surface area contributed by atoms with Gasteiger partial charge >= 0.3 is 0 Å². The molecule has 31 heavy (non-hydrogen) atoms. The van der Waals surface area contributed by atoms with E-state index in [0.29, 0.717) is 25.7 Å². The van der Waals surface area contributed by atoms with Crippen LogP contribution in [0.2, 0.25) is 0 Å². The van der Waals surface area contributed by atoms with E-state index in [9.17, 15) is 0 Å². The highest BCUT2D eigenvalue weighted by Crippen LogP contribution is 2.03. The molecule has 0 aliphatic rings. The van der Waals surface area contributed by atoms with Crippen molar-refractivity contribution < 1.29 is 4.42 Å². The molecule has 168 valence electrons. The highest BCUT2D eigenvalue weighted by Gasteiger charge is 2.08. The third-order valence-electron chi connectivity index (χ3n) is 4.29. The Kier molecular flexibility index (Phi) is 8.95. The van der Waals surface area contributed by atoms with Gasteiger partial charge in [-0.05, 0) is 36.1 Å². The van der Waals surface area contributed by atoms with Crippen LogP contribution in [0.1, 0.15) is 11.1 Å². The summed E-state index contributed by atoms with van der Waals surface area (Å²) in [7, 11) is 3.40. The fourth-order valence-electron chi connectivity index (χ4n) is 2.70. The van der Waals surface area contributed by atoms with Gasteiger partial charge in [0.15, 0.2) is 23.8 Å². The van der Waals surface area contributed by atoms with Crippen molar-refractivity contribution in [2.75, 3.05) is 27.2 Å². The molecule has 9 N–H and O–H groups in total. The van der Waals surface area contributed by atoms with Crippen molar-refractivity contribution in [2.45, 2.75) is 19.5 Å². The molecule has 2 aromatic heterocycles. The van der Waals surface area contributed by atoms with Gasteiger partial charge in [0.05, 0.1) is 19.2 Å². The van der Waals surface area contributed by atoms with E-state index in [1.165, 1.54) is 0 Å². The summed E-state index contributed by atoms with van der Waals surface area (Å²) in [6.07, 6.45) is 8.74. The first-order chi connectivity index (χ1) is 14.9. The molecule has 0 aromatic carbocycles. The zero-order chi connectivity index (χ0) is 22.6. The van der Waals surface area contributed by atoms with Crippen molar-refractivity contribution in [1.82, 2.24) is 30.7 Å². The van der Waals surface area contributed by atoms with Crippen LogP contribution in [0.4, 0.5) is 0 Å². The molecule has 2 heterocycles. The zero-order valence-corrected chi connectivity index (χ0v) is 17.8. The second-order valence-corrected chi connectivity index (χ2v) is 6.82. The maximum Gasteiger partial charge on any atom is 0.199 e.